The zero-order valence-corrected chi connectivity index (χ0v) is 11.4. The standard InChI is InChI=1S/C15H17ClN2O/c16-13-5-1-11(2-6-13)4-8-15(19)18-10-12-3-7-14(17)9-12/h1-2,5-6,12,14H,3,7,9-10,17H2,(H,18,19). The SMILES string of the molecule is NC1CCC(CNC(=O)C#Cc2ccc(Cl)cc2)C1. The molecule has 1 amide bonds. The van der Waals surface area contributed by atoms with Crippen LogP contribution in [0.25, 0.3) is 0 Å². The van der Waals surface area contributed by atoms with E-state index in [0.717, 1.165) is 24.8 Å². The maximum absolute atomic E-state index is 11.6. The summed E-state index contributed by atoms with van der Waals surface area (Å²) < 4.78 is 0. The number of hydrogen-bond acceptors (Lipinski definition) is 2. The van der Waals surface area contributed by atoms with Gasteiger partial charge >= 0.3 is 0 Å². The van der Waals surface area contributed by atoms with Gasteiger partial charge in [-0.25, -0.2) is 0 Å². The first-order chi connectivity index (χ1) is 9.13. The third kappa shape index (κ3) is 4.59. The summed E-state index contributed by atoms with van der Waals surface area (Å²) in [6.45, 7) is 0.668. The summed E-state index contributed by atoms with van der Waals surface area (Å²) in [5.41, 5.74) is 6.61. The maximum atomic E-state index is 11.6. The Morgan fingerprint density at radius 2 is 2.11 bits per heavy atom. The summed E-state index contributed by atoms with van der Waals surface area (Å²) in [6, 6.07) is 7.38. The Balaban J connectivity index is 1.80. The van der Waals surface area contributed by atoms with Crippen LogP contribution in [0.1, 0.15) is 24.8 Å². The van der Waals surface area contributed by atoms with Gasteiger partial charge in [0, 0.05) is 29.1 Å². The van der Waals surface area contributed by atoms with Gasteiger partial charge in [0.05, 0.1) is 0 Å². The number of nitrogens with two attached hydrogens (primary N) is 1. The molecule has 0 spiro atoms. The largest absolute Gasteiger partial charge is 0.345 e. The minimum absolute atomic E-state index is 0.240. The Morgan fingerprint density at radius 3 is 2.74 bits per heavy atom. The number of carbonyl (C=O) groups excluding carboxylic acids is 1. The molecule has 2 unspecified atom stereocenters. The van der Waals surface area contributed by atoms with Gasteiger partial charge in [0.1, 0.15) is 0 Å². The molecule has 19 heavy (non-hydrogen) atoms. The highest BCUT2D eigenvalue weighted by Gasteiger charge is 2.21. The van der Waals surface area contributed by atoms with Gasteiger partial charge in [-0.3, -0.25) is 4.79 Å². The molecule has 0 saturated heterocycles. The van der Waals surface area contributed by atoms with Crippen LogP contribution in [-0.4, -0.2) is 18.5 Å². The van der Waals surface area contributed by atoms with Crippen LogP contribution in [0.4, 0.5) is 0 Å². The zero-order valence-electron chi connectivity index (χ0n) is 10.7. The topological polar surface area (TPSA) is 55.1 Å². The highest BCUT2D eigenvalue weighted by atomic mass is 35.5. The van der Waals surface area contributed by atoms with Gasteiger partial charge in [-0.05, 0) is 49.4 Å². The Labute approximate surface area is 118 Å². The van der Waals surface area contributed by atoms with Crippen molar-refractivity contribution in [3.8, 4) is 11.8 Å². The van der Waals surface area contributed by atoms with Crippen LogP contribution in [0.15, 0.2) is 24.3 Å². The van der Waals surface area contributed by atoms with Crippen molar-refractivity contribution in [3.63, 3.8) is 0 Å². The average Bonchev–Trinajstić information content (AvgIpc) is 2.81. The van der Waals surface area contributed by atoms with Gasteiger partial charge in [0.25, 0.3) is 5.91 Å². The van der Waals surface area contributed by atoms with Crippen LogP contribution >= 0.6 is 11.6 Å². The lowest BCUT2D eigenvalue weighted by Gasteiger charge is -2.08. The molecule has 1 fully saturated rings. The third-order valence-electron chi connectivity index (χ3n) is 3.30. The molecule has 0 heterocycles. The molecule has 2 atom stereocenters. The van der Waals surface area contributed by atoms with Crippen LogP contribution in [-0.2, 0) is 4.79 Å². The zero-order chi connectivity index (χ0) is 13.7. The average molecular weight is 277 g/mol. The van der Waals surface area contributed by atoms with E-state index in [0.29, 0.717) is 23.5 Å². The van der Waals surface area contributed by atoms with Gasteiger partial charge in [-0.1, -0.05) is 17.5 Å². The first-order valence-corrected chi connectivity index (χ1v) is 6.82. The Kier molecular flexibility index (Phi) is 4.84. The van der Waals surface area contributed by atoms with E-state index in [1.165, 1.54) is 0 Å². The minimum atomic E-state index is -0.240. The van der Waals surface area contributed by atoms with Crippen LogP contribution in [0, 0.1) is 17.8 Å². The Bertz CT molecular complexity index is 501. The summed E-state index contributed by atoms with van der Waals surface area (Å²) in [4.78, 5) is 11.6. The van der Waals surface area contributed by atoms with E-state index in [4.69, 9.17) is 17.3 Å². The fraction of sp³-hybridized carbons (Fsp3) is 0.400. The number of benzene rings is 1. The molecule has 1 aliphatic carbocycles. The number of halogens is 1. The molecule has 0 aliphatic heterocycles. The van der Waals surface area contributed by atoms with Crippen molar-refractivity contribution < 1.29 is 4.79 Å². The van der Waals surface area contributed by atoms with Crippen molar-refractivity contribution >= 4 is 17.5 Å². The Hall–Kier alpha value is -1.50. The highest BCUT2D eigenvalue weighted by molar-refractivity contribution is 6.30. The van der Waals surface area contributed by atoms with E-state index in [-0.39, 0.29) is 5.91 Å². The predicted octanol–water partition coefficient (Wildman–Crippen LogP) is 1.94. The minimum Gasteiger partial charge on any atom is -0.345 e. The summed E-state index contributed by atoms with van der Waals surface area (Å²) >= 11 is 5.77. The van der Waals surface area contributed by atoms with Crippen LogP contribution < -0.4 is 11.1 Å². The number of hydrogen-bond donors (Lipinski definition) is 2. The summed E-state index contributed by atoms with van der Waals surface area (Å²) in [5, 5.41) is 3.49. The van der Waals surface area contributed by atoms with Gasteiger partial charge in [0.2, 0.25) is 0 Å². The lowest BCUT2D eigenvalue weighted by Crippen LogP contribution is -2.28. The van der Waals surface area contributed by atoms with Crippen molar-refractivity contribution in [2.45, 2.75) is 25.3 Å². The highest BCUT2D eigenvalue weighted by Crippen LogP contribution is 2.22. The maximum Gasteiger partial charge on any atom is 0.296 e. The number of nitrogens with one attached hydrogen (secondary N) is 1. The smallest absolute Gasteiger partial charge is 0.296 e. The van der Waals surface area contributed by atoms with E-state index >= 15 is 0 Å². The second kappa shape index (κ2) is 6.60. The molecule has 3 nitrogen and oxygen atoms in total. The summed E-state index contributed by atoms with van der Waals surface area (Å²) in [6.07, 6.45) is 3.13. The molecular weight excluding hydrogens is 260 g/mol. The van der Waals surface area contributed by atoms with Crippen molar-refractivity contribution in [3.05, 3.63) is 34.9 Å². The number of carbonyl (C=O) groups is 1. The first kappa shape index (κ1) is 13.9. The molecule has 0 radical (unpaired) electrons. The van der Waals surface area contributed by atoms with Crippen molar-refractivity contribution in [1.82, 2.24) is 5.32 Å². The van der Waals surface area contributed by atoms with E-state index < -0.39 is 0 Å². The first-order valence-electron chi connectivity index (χ1n) is 6.44. The van der Waals surface area contributed by atoms with E-state index in [2.05, 4.69) is 17.2 Å². The van der Waals surface area contributed by atoms with Gasteiger partial charge in [-0.2, -0.15) is 0 Å². The van der Waals surface area contributed by atoms with Crippen molar-refractivity contribution in [2.75, 3.05) is 6.54 Å². The van der Waals surface area contributed by atoms with Crippen molar-refractivity contribution in [1.29, 1.82) is 0 Å². The lowest BCUT2D eigenvalue weighted by atomic mass is 10.1. The third-order valence-corrected chi connectivity index (χ3v) is 3.55. The van der Waals surface area contributed by atoms with Gasteiger partial charge in [0.15, 0.2) is 0 Å². The predicted molar refractivity (Wildman–Crippen MR) is 76.7 cm³/mol. The van der Waals surface area contributed by atoms with Crippen LogP contribution in [0.5, 0.6) is 0 Å². The molecule has 100 valence electrons. The second-order valence-corrected chi connectivity index (χ2v) is 5.34. The fourth-order valence-electron chi connectivity index (χ4n) is 2.24. The molecule has 1 aromatic carbocycles. The molecule has 2 rings (SSSR count). The van der Waals surface area contributed by atoms with Crippen LogP contribution in [0.2, 0.25) is 5.02 Å². The molecular formula is C15H17ClN2O. The van der Waals surface area contributed by atoms with Gasteiger partial charge < -0.3 is 11.1 Å². The number of amides is 1. The molecule has 1 saturated carbocycles. The molecule has 0 aromatic heterocycles. The monoisotopic (exact) mass is 276 g/mol. The lowest BCUT2D eigenvalue weighted by molar-refractivity contribution is -0.115. The van der Waals surface area contributed by atoms with E-state index in [1.807, 2.05) is 0 Å². The molecule has 1 aromatic rings. The van der Waals surface area contributed by atoms with Crippen molar-refractivity contribution in [2.24, 2.45) is 11.7 Å². The quantitative estimate of drug-likeness (QED) is 0.811. The number of rotatable bonds is 2. The fourth-order valence-corrected chi connectivity index (χ4v) is 2.37. The summed E-state index contributed by atoms with van der Waals surface area (Å²) in [5.74, 6) is 5.65. The normalized spacial score (nSPS) is 21.6. The molecule has 0 bridgehead atoms. The Morgan fingerprint density at radius 1 is 1.37 bits per heavy atom. The summed E-state index contributed by atoms with van der Waals surface area (Å²) in [7, 11) is 0. The molecule has 4 heteroatoms. The van der Waals surface area contributed by atoms with E-state index in [9.17, 15) is 4.79 Å². The van der Waals surface area contributed by atoms with E-state index in [1.54, 1.807) is 24.3 Å². The van der Waals surface area contributed by atoms with Crippen LogP contribution in [0.3, 0.4) is 0 Å². The second-order valence-electron chi connectivity index (χ2n) is 4.91. The molecule has 3 N–H and O–H groups in total. The van der Waals surface area contributed by atoms with Gasteiger partial charge in [-0.15, -0.1) is 0 Å². The molecule has 1 aliphatic rings.